The standard InChI is InChI=1S/C17H28N4O/c1-18-14-5-4-12-11-16(19-2,20-3)17(22,15(12)10-14)13-6-8-21-9-7-13/h4-5,10,13,18-22H,6-9,11H2,1-3H3. The van der Waals surface area contributed by atoms with E-state index in [-0.39, 0.29) is 5.92 Å². The summed E-state index contributed by atoms with van der Waals surface area (Å²) in [6.07, 6.45) is 2.77. The van der Waals surface area contributed by atoms with E-state index < -0.39 is 11.3 Å². The van der Waals surface area contributed by atoms with Crippen LogP contribution in [0, 0.1) is 5.92 Å². The molecule has 1 aromatic rings. The van der Waals surface area contributed by atoms with Crippen molar-refractivity contribution in [3.8, 4) is 0 Å². The summed E-state index contributed by atoms with van der Waals surface area (Å²) < 4.78 is 0. The molecule has 1 fully saturated rings. The minimum absolute atomic E-state index is 0.238. The molecule has 5 N–H and O–H groups in total. The molecule has 0 saturated carbocycles. The van der Waals surface area contributed by atoms with Crippen molar-refractivity contribution in [2.24, 2.45) is 5.92 Å². The van der Waals surface area contributed by atoms with E-state index in [0.717, 1.165) is 43.6 Å². The second kappa shape index (κ2) is 5.81. The number of hydrogen-bond acceptors (Lipinski definition) is 5. The highest BCUT2D eigenvalue weighted by molar-refractivity contribution is 5.54. The highest BCUT2D eigenvalue weighted by Crippen LogP contribution is 2.50. The lowest BCUT2D eigenvalue weighted by molar-refractivity contribution is -0.111. The van der Waals surface area contributed by atoms with Crippen LogP contribution in [0.4, 0.5) is 5.69 Å². The molecule has 1 unspecified atom stereocenters. The third-order valence-corrected chi connectivity index (χ3v) is 5.70. The van der Waals surface area contributed by atoms with E-state index in [1.807, 2.05) is 21.1 Å². The smallest absolute Gasteiger partial charge is 0.124 e. The molecular formula is C17H28N4O. The van der Waals surface area contributed by atoms with Gasteiger partial charge in [0.1, 0.15) is 11.3 Å². The van der Waals surface area contributed by atoms with Crippen molar-refractivity contribution >= 4 is 5.69 Å². The Morgan fingerprint density at radius 1 is 1.14 bits per heavy atom. The fourth-order valence-corrected chi connectivity index (χ4v) is 4.38. The van der Waals surface area contributed by atoms with Crippen LogP contribution in [0.15, 0.2) is 18.2 Å². The monoisotopic (exact) mass is 304 g/mol. The number of aliphatic hydroxyl groups is 1. The SMILES string of the molecule is CNc1ccc2c(c1)C(O)(C1CCNCC1)C(NC)(NC)C2. The molecule has 3 rings (SSSR count). The van der Waals surface area contributed by atoms with E-state index in [1.165, 1.54) is 5.56 Å². The van der Waals surface area contributed by atoms with Gasteiger partial charge in [0.15, 0.2) is 0 Å². The van der Waals surface area contributed by atoms with Gasteiger partial charge in [-0.05, 0) is 69.2 Å². The van der Waals surface area contributed by atoms with E-state index in [1.54, 1.807) is 0 Å². The van der Waals surface area contributed by atoms with Crippen LogP contribution < -0.4 is 21.3 Å². The van der Waals surface area contributed by atoms with Gasteiger partial charge in [-0.1, -0.05) is 6.07 Å². The molecule has 0 radical (unpaired) electrons. The van der Waals surface area contributed by atoms with Crippen molar-refractivity contribution < 1.29 is 5.11 Å². The first-order valence-corrected chi connectivity index (χ1v) is 8.23. The Balaban J connectivity index is 2.13. The summed E-state index contributed by atoms with van der Waals surface area (Å²) in [6.45, 7) is 1.94. The van der Waals surface area contributed by atoms with Crippen LogP contribution >= 0.6 is 0 Å². The summed E-state index contributed by atoms with van der Waals surface area (Å²) in [5, 5.41) is 25.3. The number of fused-ring (bicyclic) bond motifs is 1. The lowest BCUT2D eigenvalue weighted by atomic mass is 9.72. The van der Waals surface area contributed by atoms with Crippen LogP contribution in [-0.2, 0) is 12.0 Å². The predicted octanol–water partition coefficient (Wildman–Crippen LogP) is 0.607. The third kappa shape index (κ3) is 2.07. The molecule has 0 amide bonds. The molecule has 1 atom stereocenters. The maximum Gasteiger partial charge on any atom is 0.124 e. The average molecular weight is 304 g/mol. The van der Waals surface area contributed by atoms with Crippen molar-refractivity contribution in [1.29, 1.82) is 0 Å². The minimum Gasteiger partial charge on any atom is -0.388 e. The molecule has 1 aromatic carbocycles. The first kappa shape index (κ1) is 15.7. The maximum atomic E-state index is 11.9. The minimum atomic E-state index is -0.902. The van der Waals surface area contributed by atoms with Gasteiger partial charge in [0.05, 0.1) is 0 Å². The zero-order valence-corrected chi connectivity index (χ0v) is 13.8. The van der Waals surface area contributed by atoms with Gasteiger partial charge in [-0.25, -0.2) is 0 Å². The zero-order chi connectivity index (χ0) is 15.8. The Bertz CT molecular complexity index is 537. The highest BCUT2D eigenvalue weighted by atomic mass is 16.3. The van der Waals surface area contributed by atoms with E-state index in [4.69, 9.17) is 0 Å². The number of piperidine rings is 1. The molecular weight excluding hydrogens is 276 g/mol. The van der Waals surface area contributed by atoms with Gasteiger partial charge < -0.3 is 15.7 Å². The molecule has 22 heavy (non-hydrogen) atoms. The summed E-state index contributed by atoms with van der Waals surface area (Å²) in [7, 11) is 5.80. The Labute approximate surface area is 132 Å². The lowest BCUT2D eigenvalue weighted by Gasteiger charge is -2.48. The van der Waals surface area contributed by atoms with Gasteiger partial charge in [-0.15, -0.1) is 0 Å². The Kier molecular flexibility index (Phi) is 4.16. The number of benzene rings is 1. The van der Waals surface area contributed by atoms with Gasteiger partial charge in [0.25, 0.3) is 0 Å². The molecule has 1 heterocycles. The third-order valence-electron chi connectivity index (χ3n) is 5.70. The largest absolute Gasteiger partial charge is 0.388 e. The molecule has 5 heteroatoms. The first-order chi connectivity index (χ1) is 10.6. The van der Waals surface area contributed by atoms with E-state index in [2.05, 4.69) is 39.5 Å². The molecule has 1 aliphatic heterocycles. The molecule has 1 aliphatic carbocycles. The summed E-state index contributed by atoms with van der Waals surface area (Å²) in [5.74, 6) is 0.238. The zero-order valence-electron chi connectivity index (χ0n) is 13.8. The van der Waals surface area contributed by atoms with Crippen molar-refractivity contribution in [2.75, 3.05) is 39.5 Å². The van der Waals surface area contributed by atoms with Crippen LogP contribution in [0.3, 0.4) is 0 Å². The average Bonchev–Trinajstić information content (AvgIpc) is 2.85. The molecule has 0 bridgehead atoms. The second-order valence-electron chi connectivity index (χ2n) is 6.49. The molecule has 122 valence electrons. The van der Waals surface area contributed by atoms with E-state index in [9.17, 15) is 5.11 Å². The number of nitrogens with one attached hydrogen (secondary N) is 4. The molecule has 0 spiro atoms. The van der Waals surface area contributed by atoms with Gasteiger partial charge in [-0.2, -0.15) is 0 Å². The van der Waals surface area contributed by atoms with Crippen LogP contribution in [0.25, 0.3) is 0 Å². The van der Waals surface area contributed by atoms with Gasteiger partial charge in [0, 0.05) is 19.2 Å². The summed E-state index contributed by atoms with van der Waals surface area (Å²) in [4.78, 5) is 0. The van der Waals surface area contributed by atoms with Crippen molar-refractivity contribution in [2.45, 2.75) is 30.5 Å². The topological polar surface area (TPSA) is 68.3 Å². The summed E-state index contributed by atoms with van der Waals surface area (Å²) in [5.41, 5.74) is 1.93. The fourth-order valence-electron chi connectivity index (χ4n) is 4.38. The number of anilines is 1. The van der Waals surface area contributed by atoms with Gasteiger partial charge in [-0.3, -0.25) is 10.6 Å². The van der Waals surface area contributed by atoms with Crippen LogP contribution in [0.5, 0.6) is 0 Å². The van der Waals surface area contributed by atoms with Crippen LogP contribution in [-0.4, -0.2) is 45.0 Å². The molecule has 1 saturated heterocycles. The second-order valence-corrected chi connectivity index (χ2v) is 6.49. The Morgan fingerprint density at radius 2 is 1.82 bits per heavy atom. The summed E-state index contributed by atoms with van der Waals surface area (Å²) in [6, 6.07) is 6.35. The van der Waals surface area contributed by atoms with Crippen LogP contribution in [0.2, 0.25) is 0 Å². The quantitative estimate of drug-likeness (QED) is 0.527. The number of rotatable bonds is 4. The first-order valence-electron chi connectivity index (χ1n) is 8.23. The van der Waals surface area contributed by atoms with Gasteiger partial charge >= 0.3 is 0 Å². The lowest BCUT2D eigenvalue weighted by Crippen LogP contribution is -2.69. The predicted molar refractivity (Wildman–Crippen MR) is 90.0 cm³/mol. The highest BCUT2D eigenvalue weighted by Gasteiger charge is 2.59. The Morgan fingerprint density at radius 3 is 2.41 bits per heavy atom. The summed E-state index contributed by atoms with van der Waals surface area (Å²) >= 11 is 0. The Hall–Kier alpha value is -1.14. The van der Waals surface area contributed by atoms with Crippen molar-refractivity contribution in [3.63, 3.8) is 0 Å². The number of likely N-dealkylation sites (N-methyl/N-ethyl adjacent to an activating group) is 2. The number of hydrogen-bond donors (Lipinski definition) is 5. The molecule has 5 nitrogen and oxygen atoms in total. The van der Waals surface area contributed by atoms with E-state index >= 15 is 0 Å². The molecule has 0 aromatic heterocycles. The maximum absolute atomic E-state index is 11.9. The van der Waals surface area contributed by atoms with Crippen LogP contribution in [0.1, 0.15) is 24.0 Å². The normalized spacial score (nSPS) is 27.6. The van der Waals surface area contributed by atoms with Crippen molar-refractivity contribution in [1.82, 2.24) is 16.0 Å². The fraction of sp³-hybridized carbons (Fsp3) is 0.647. The van der Waals surface area contributed by atoms with Crippen molar-refractivity contribution in [3.05, 3.63) is 29.3 Å². The molecule has 2 aliphatic rings. The van der Waals surface area contributed by atoms with E-state index in [0.29, 0.717) is 0 Å². The van der Waals surface area contributed by atoms with Gasteiger partial charge in [0.2, 0.25) is 0 Å².